The topological polar surface area (TPSA) is 28.2 Å². The summed E-state index contributed by atoms with van der Waals surface area (Å²) >= 11 is 0. The first-order valence-corrected chi connectivity index (χ1v) is 6.60. The largest absolute Gasteiger partial charge is 0.312 e. The van der Waals surface area contributed by atoms with E-state index in [1.54, 1.807) is 0 Å². The molecule has 3 nitrogen and oxygen atoms in total. The highest BCUT2D eigenvalue weighted by molar-refractivity contribution is 5.84. The lowest BCUT2D eigenvalue weighted by molar-refractivity contribution is 0.200. The zero-order valence-electron chi connectivity index (χ0n) is 10.8. The van der Waals surface area contributed by atoms with E-state index in [4.69, 9.17) is 0 Å². The van der Waals surface area contributed by atoms with Crippen molar-refractivity contribution in [2.45, 2.75) is 19.5 Å². The molecule has 0 aliphatic carbocycles. The summed E-state index contributed by atoms with van der Waals surface area (Å²) < 4.78 is 0. The molecule has 18 heavy (non-hydrogen) atoms. The number of hydrogen-bond acceptors (Lipinski definition) is 3. The predicted octanol–water partition coefficient (Wildman–Crippen LogP) is 2.03. The Balaban J connectivity index is 1.86. The monoisotopic (exact) mass is 241 g/mol. The molecule has 1 N–H and O–H groups in total. The number of benzene rings is 1. The van der Waals surface area contributed by atoms with Gasteiger partial charge in [-0.3, -0.25) is 9.88 Å². The van der Waals surface area contributed by atoms with E-state index in [1.165, 1.54) is 16.3 Å². The van der Waals surface area contributed by atoms with Crippen LogP contribution in [0.3, 0.4) is 0 Å². The summed E-state index contributed by atoms with van der Waals surface area (Å²) in [6.07, 6.45) is 3.95. The fourth-order valence-corrected chi connectivity index (χ4v) is 2.70. The summed E-state index contributed by atoms with van der Waals surface area (Å²) in [5, 5.41) is 6.04. The zero-order chi connectivity index (χ0) is 12.4. The van der Waals surface area contributed by atoms with Gasteiger partial charge in [0, 0.05) is 50.0 Å². The Hall–Kier alpha value is -1.45. The van der Waals surface area contributed by atoms with Crippen molar-refractivity contribution in [1.29, 1.82) is 0 Å². The molecule has 1 aliphatic rings. The number of rotatable bonds is 2. The third-order valence-corrected chi connectivity index (χ3v) is 3.60. The Labute approximate surface area is 108 Å². The molecule has 0 amide bonds. The van der Waals surface area contributed by atoms with Gasteiger partial charge in [0.1, 0.15) is 0 Å². The van der Waals surface area contributed by atoms with E-state index >= 15 is 0 Å². The number of piperazine rings is 1. The van der Waals surface area contributed by atoms with Gasteiger partial charge in [-0.25, -0.2) is 0 Å². The summed E-state index contributed by atoms with van der Waals surface area (Å²) in [6, 6.07) is 9.08. The van der Waals surface area contributed by atoms with Gasteiger partial charge in [-0.1, -0.05) is 24.3 Å². The van der Waals surface area contributed by atoms with Crippen LogP contribution in [0.2, 0.25) is 0 Å². The van der Waals surface area contributed by atoms with Crippen LogP contribution in [0.4, 0.5) is 0 Å². The lowest BCUT2D eigenvalue weighted by atomic mass is 10.1. The molecule has 1 atom stereocenters. The molecule has 1 fully saturated rings. The van der Waals surface area contributed by atoms with E-state index in [2.05, 4.69) is 46.4 Å². The molecule has 3 rings (SSSR count). The van der Waals surface area contributed by atoms with E-state index in [0.717, 1.165) is 26.2 Å². The van der Waals surface area contributed by atoms with Crippen molar-refractivity contribution in [2.75, 3.05) is 19.6 Å². The summed E-state index contributed by atoms with van der Waals surface area (Å²) in [4.78, 5) is 6.86. The van der Waals surface area contributed by atoms with Crippen LogP contribution in [0.15, 0.2) is 36.7 Å². The summed E-state index contributed by atoms with van der Waals surface area (Å²) in [5.74, 6) is 0. The molecule has 1 aromatic heterocycles. The van der Waals surface area contributed by atoms with Crippen molar-refractivity contribution in [3.8, 4) is 0 Å². The Bertz CT molecular complexity index is 533. The second-order valence-electron chi connectivity index (χ2n) is 5.11. The predicted molar refractivity (Wildman–Crippen MR) is 74.5 cm³/mol. The molecule has 0 spiro atoms. The number of fused-ring (bicyclic) bond motifs is 1. The molecule has 1 unspecified atom stereocenters. The molecule has 0 saturated carbocycles. The molecule has 1 saturated heterocycles. The molecule has 0 radical (unpaired) electrons. The lowest BCUT2D eigenvalue weighted by Gasteiger charge is -2.31. The highest BCUT2D eigenvalue weighted by Crippen LogP contribution is 2.19. The van der Waals surface area contributed by atoms with Crippen molar-refractivity contribution in [3.05, 3.63) is 42.2 Å². The van der Waals surface area contributed by atoms with E-state index in [1.807, 2.05) is 12.4 Å². The standard InChI is InChI=1S/C15H19N3/c1-12-10-18(7-6-17-12)11-14-9-16-8-13-4-2-3-5-15(13)14/h2-5,8-9,12,17H,6-7,10-11H2,1H3. The van der Waals surface area contributed by atoms with Crippen molar-refractivity contribution in [2.24, 2.45) is 0 Å². The van der Waals surface area contributed by atoms with Gasteiger partial charge in [0.25, 0.3) is 0 Å². The van der Waals surface area contributed by atoms with E-state index in [0.29, 0.717) is 6.04 Å². The van der Waals surface area contributed by atoms with Crippen LogP contribution in [-0.2, 0) is 6.54 Å². The SMILES string of the molecule is CC1CN(Cc2cncc3ccccc23)CCN1. The van der Waals surface area contributed by atoms with Gasteiger partial charge in [0.2, 0.25) is 0 Å². The first-order chi connectivity index (χ1) is 8.83. The van der Waals surface area contributed by atoms with E-state index < -0.39 is 0 Å². The fourth-order valence-electron chi connectivity index (χ4n) is 2.70. The third-order valence-electron chi connectivity index (χ3n) is 3.60. The van der Waals surface area contributed by atoms with E-state index in [9.17, 15) is 0 Å². The van der Waals surface area contributed by atoms with Gasteiger partial charge in [-0.05, 0) is 17.9 Å². The smallest absolute Gasteiger partial charge is 0.0346 e. The molecule has 2 heterocycles. The van der Waals surface area contributed by atoms with Crippen LogP contribution in [0.25, 0.3) is 10.8 Å². The lowest BCUT2D eigenvalue weighted by Crippen LogP contribution is -2.48. The molecule has 94 valence electrons. The number of hydrogen-bond donors (Lipinski definition) is 1. The van der Waals surface area contributed by atoms with Crippen LogP contribution in [0, 0.1) is 0 Å². The molecule has 2 aromatic rings. The number of nitrogens with zero attached hydrogens (tertiary/aromatic N) is 2. The van der Waals surface area contributed by atoms with Gasteiger partial charge in [-0.15, -0.1) is 0 Å². The van der Waals surface area contributed by atoms with Crippen molar-refractivity contribution >= 4 is 10.8 Å². The maximum atomic E-state index is 4.36. The first kappa shape index (κ1) is 11.6. The zero-order valence-corrected chi connectivity index (χ0v) is 10.8. The highest BCUT2D eigenvalue weighted by atomic mass is 15.2. The number of aromatic nitrogens is 1. The molecular weight excluding hydrogens is 222 g/mol. The molecule has 1 aliphatic heterocycles. The maximum Gasteiger partial charge on any atom is 0.0346 e. The first-order valence-electron chi connectivity index (χ1n) is 6.60. The van der Waals surface area contributed by atoms with Crippen LogP contribution < -0.4 is 5.32 Å². The van der Waals surface area contributed by atoms with Gasteiger partial charge in [0.05, 0.1) is 0 Å². The Morgan fingerprint density at radius 1 is 1.33 bits per heavy atom. The second-order valence-corrected chi connectivity index (χ2v) is 5.11. The van der Waals surface area contributed by atoms with Gasteiger partial charge >= 0.3 is 0 Å². The molecule has 0 bridgehead atoms. The van der Waals surface area contributed by atoms with Crippen LogP contribution in [-0.4, -0.2) is 35.6 Å². The van der Waals surface area contributed by atoms with Crippen LogP contribution in [0.1, 0.15) is 12.5 Å². The Morgan fingerprint density at radius 2 is 2.22 bits per heavy atom. The average molecular weight is 241 g/mol. The summed E-state index contributed by atoms with van der Waals surface area (Å²) in [6.45, 7) is 6.56. The number of nitrogens with one attached hydrogen (secondary N) is 1. The minimum absolute atomic E-state index is 0.585. The van der Waals surface area contributed by atoms with Gasteiger partial charge in [0.15, 0.2) is 0 Å². The van der Waals surface area contributed by atoms with E-state index in [-0.39, 0.29) is 0 Å². The Kier molecular flexibility index (Phi) is 3.26. The minimum Gasteiger partial charge on any atom is -0.312 e. The highest BCUT2D eigenvalue weighted by Gasteiger charge is 2.16. The second kappa shape index (κ2) is 5.04. The fraction of sp³-hybridized carbons (Fsp3) is 0.400. The molecule has 3 heteroatoms. The normalized spacial score (nSPS) is 21.3. The minimum atomic E-state index is 0.585. The number of pyridine rings is 1. The third kappa shape index (κ3) is 2.37. The van der Waals surface area contributed by atoms with Gasteiger partial charge in [-0.2, -0.15) is 0 Å². The summed E-state index contributed by atoms with van der Waals surface area (Å²) in [7, 11) is 0. The maximum absolute atomic E-state index is 4.36. The van der Waals surface area contributed by atoms with Crippen LogP contribution >= 0.6 is 0 Å². The molecule has 1 aromatic carbocycles. The van der Waals surface area contributed by atoms with Crippen molar-refractivity contribution in [1.82, 2.24) is 15.2 Å². The van der Waals surface area contributed by atoms with Gasteiger partial charge < -0.3 is 5.32 Å². The Morgan fingerprint density at radius 3 is 3.11 bits per heavy atom. The molecular formula is C15H19N3. The summed E-state index contributed by atoms with van der Waals surface area (Å²) in [5.41, 5.74) is 1.34. The quantitative estimate of drug-likeness (QED) is 0.872. The van der Waals surface area contributed by atoms with Crippen molar-refractivity contribution < 1.29 is 0 Å². The van der Waals surface area contributed by atoms with Crippen molar-refractivity contribution in [3.63, 3.8) is 0 Å². The van der Waals surface area contributed by atoms with Crippen LogP contribution in [0.5, 0.6) is 0 Å². The average Bonchev–Trinajstić information content (AvgIpc) is 2.39.